The van der Waals surface area contributed by atoms with Crippen molar-refractivity contribution in [2.45, 2.75) is 26.8 Å². The molecule has 2 aromatic rings. The number of benzene rings is 2. The quantitative estimate of drug-likeness (QED) is 0.908. The monoisotopic (exact) mass is 255 g/mol. The van der Waals surface area contributed by atoms with E-state index < -0.39 is 0 Å². The highest BCUT2D eigenvalue weighted by Gasteiger charge is 2.13. The van der Waals surface area contributed by atoms with Crippen molar-refractivity contribution >= 4 is 0 Å². The van der Waals surface area contributed by atoms with Crippen LogP contribution in [0.3, 0.4) is 0 Å². The molecule has 0 fully saturated rings. The van der Waals surface area contributed by atoms with Crippen LogP contribution in [-0.2, 0) is 0 Å². The number of methoxy groups -OCH3 is 1. The lowest BCUT2D eigenvalue weighted by molar-refractivity contribution is 0.411. The normalized spacial score (nSPS) is 12.3. The first-order valence-electron chi connectivity index (χ1n) is 6.50. The zero-order valence-corrected chi connectivity index (χ0v) is 12.0. The fourth-order valence-electron chi connectivity index (χ4n) is 2.32. The maximum atomic E-state index is 6.39. The minimum atomic E-state index is -0.0924. The summed E-state index contributed by atoms with van der Waals surface area (Å²) < 4.78 is 5.34. The molecule has 2 aromatic carbocycles. The molecule has 0 amide bonds. The van der Waals surface area contributed by atoms with Crippen LogP contribution in [0.25, 0.3) is 0 Å². The van der Waals surface area contributed by atoms with Crippen LogP contribution in [0.2, 0.25) is 0 Å². The summed E-state index contributed by atoms with van der Waals surface area (Å²) >= 11 is 0. The fraction of sp³-hybridized carbons (Fsp3) is 0.294. The van der Waals surface area contributed by atoms with Gasteiger partial charge in [-0.3, -0.25) is 0 Å². The highest BCUT2D eigenvalue weighted by atomic mass is 16.5. The third kappa shape index (κ3) is 2.79. The number of aryl methyl sites for hydroxylation is 3. The van der Waals surface area contributed by atoms with Crippen LogP contribution in [0.5, 0.6) is 5.75 Å². The van der Waals surface area contributed by atoms with Crippen LogP contribution in [0.1, 0.15) is 33.9 Å². The maximum Gasteiger partial charge on any atom is 0.122 e. The SMILES string of the molecule is COc1cc(C)c(C(N)c2ccc(C)cc2)cc1C. The molecule has 0 spiro atoms. The van der Waals surface area contributed by atoms with E-state index in [4.69, 9.17) is 10.5 Å². The Morgan fingerprint density at radius 3 is 2.16 bits per heavy atom. The Kier molecular flexibility index (Phi) is 3.91. The largest absolute Gasteiger partial charge is 0.496 e. The summed E-state index contributed by atoms with van der Waals surface area (Å²) in [6.45, 7) is 6.20. The Hall–Kier alpha value is -1.80. The summed E-state index contributed by atoms with van der Waals surface area (Å²) in [5, 5.41) is 0. The molecule has 0 aliphatic carbocycles. The van der Waals surface area contributed by atoms with Crippen LogP contribution in [0.4, 0.5) is 0 Å². The van der Waals surface area contributed by atoms with Gasteiger partial charge in [-0.25, -0.2) is 0 Å². The van der Waals surface area contributed by atoms with Crippen LogP contribution in [-0.4, -0.2) is 7.11 Å². The number of nitrogens with two attached hydrogens (primary N) is 1. The second kappa shape index (κ2) is 5.45. The first-order chi connectivity index (χ1) is 9.02. The molecule has 0 saturated carbocycles. The fourth-order valence-corrected chi connectivity index (χ4v) is 2.32. The second-order valence-corrected chi connectivity index (χ2v) is 5.07. The number of hydrogen-bond donors (Lipinski definition) is 1. The van der Waals surface area contributed by atoms with E-state index in [2.05, 4.69) is 50.2 Å². The lowest BCUT2D eigenvalue weighted by Gasteiger charge is -2.18. The third-order valence-corrected chi connectivity index (χ3v) is 3.56. The predicted octanol–water partition coefficient (Wildman–Crippen LogP) is 3.67. The predicted molar refractivity (Wildman–Crippen MR) is 79.7 cm³/mol. The van der Waals surface area contributed by atoms with Crippen LogP contribution in [0, 0.1) is 20.8 Å². The lowest BCUT2D eigenvalue weighted by atomic mass is 9.93. The van der Waals surface area contributed by atoms with Gasteiger partial charge in [0, 0.05) is 0 Å². The van der Waals surface area contributed by atoms with Crippen molar-refractivity contribution in [1.82, 2.24) is 0 Å². The maximum absolute atomic E-state index is 6.39. The van der Waals surface area contributed by atoms with Gasteiger partial charge in [-0.1, -0.05) is 35.9 Å². The zero-order valence-electron chi connectivity index (χ0n) is 12.0. The molecule has 2 N–H and O–H groups in total. The molecule has 0 saturated heterocycles. The molecular formula is C17H21NO. The van der Waals surface area contributed by atoms with Gasteiger partial charge in [0.25, 0.3) is 0 Å². The Labute approximate surface area is 115 Å². The van der Waals surface area contributed by atoms with E-state index >= 15 is 0 Å². The van der Waals surface area contributed by atoms with Crippen LogP contribution < -0.4 is 10.5 Å². The zero-order chi connectivity index (χ0) is 14.0. The van der Waals surface area contributed by atoms with Gasteiger partial charge in [0.1, 0.15) is 5.75 Å². The molecule has 2 nitrogen and oxygen atoms in total. The number of hydrogen-bond acceptors (Lipinski definition) is 2. The van der Waals surface area contributed by atoms with Crippen molar-refractivity contribution in [1.29, 1.82) is 0 Å². The topological polar surface area (TPSA) is 35.2 Å². The number of ether oxygens (including phenoxy) is 1. The van der Waals surface area contributed by atoms with Crippen molar-refractivity contribution < 1.29 is 4.74 Å². The molecule has 0 aliphatic rings. The van der Waals surface area contributed by atoms with Crippen molar-refractivity contribution in [3.63, 3.8) is 0 Å². The van der Waals surface area contributed by atoms with E-state index in [-0.39, 0.29) is 6.04 Å². The summed E-state index contributed by atoms with van der Waals surface area (Å²) in [4.78, 5) is 0. The van der Waals surface area contributed by atoms with E-state index in [9.17, 15) is 0 Å². The Bertz CT molecular complexity index is 573. The standard InChI is InChI=1S/C17H21NO/c1-11-5-7-14(8-6-11)17(18)15-9-13(3)16(19-4)10-12(15)2/h5-10,17H,18H2,1-4H3. The summed E-state index contributed by atoms with van der Waals surface area (Å²) in [6, 6.07) is 12.5. The van der Waals surface area contributed by atoms with Gasteiger partial charge in [-0.05, 0) is 49.1 Å². The van der Waals surface area contributed by atoms with Crippen molar-refractivity contribution in [3.8, 4) is 5.75 Å². The molecule has 2 rings (SSSR count). The Morgan fingerprint density at radius 2 is 1.58 bits per heavy atom. The first kappa shape index (κ1) is 13.6. The van der Waals surface area contributed by atoms with Crippen LogP contribution >= 0.6 is 0 Å². The highest BCUT2D eigenvalue weighted by molar-refractivity contribution is 5.45. The van der Waals surface area contributed by atoms with Gasteiger partial charge >= 0.3 is 0 Å². The molecule has 1 unspecified atom stereocenters. The molecule has 100 valence electrons. The lowest BCUT2D eigenvalue weighted by Crippen LogP contribution is -2.13. The molecule has 0 aromatic heterocycles. The number of rotatable bonds is 3. The molecule has 2 heteroatoms. The van der Waals surface area contributed by atoms with Crippen LogP contribution in [0.15, 0.2) is 36.4 Å². The minimum absolute atomic E-state index is 0.0924. The average molecular weight is 255 g/mol. The van der Waals surface area contributed by atoms with Gasteiger partial charge in [0.05, 0.1) is 13.2 Å². The van der Waals surface area contributed by atoms with E-state index in [0.29, 0.717) is 0 Å². The summed E-state index contributed by atoms with van der Waals surface area (Å²) in [5.74, 6) is 0.914. The van der Waals surface area contributed by atoms with Gasteiger partial charge in [0.2, 0.25) is 0 Å². The smallest absolute Gasteiger partial charge is 0.122 e. The summed E-state index contributed by atoms with van der Waals surface area (Å²) in [7, 11) is 1.70. The van der Waals surface area contributed by atoms with E-state index in [0.717, 1.165) is 28.0 Å². The molecule has 0 aliphatic heterocycles. The van der Waals surface area contributed by atoms with Crippen molar-refractivity contribution in [2.24, 2.45) is 5.73 Å². The van der Waals surface area contributed by atoms with Crippen molar-refractivity contribution in [3.05, 3.63) is 64.2 Å². The van der Waals surface area contributed by atoms with Crippen molar-refractivity contribution in [2.75, 3.05) is 7.11 Å². The van der Waals surface area contributed by atoms with Gasteiger partial charge in [0.15, 0.2) is 0 Å². The Balaban J connectivity index is 2.41. The van der Waals surface area contributed by atoms with E-state index in [1.54, 1.807) is 7.11 Å². The second-order valence-electron chi connectivity index (χ2n) is 5.07. The first-order valence-corrected chi connectivity index (χ1v) is 6.50. The van der Waals surface area contributed by atoms with E-state index in [1.165, 1.54) is 5.56 Å². The molecule has 1 atom stereocenters. The molecule has 0 heterocycles. The van der Waals surface area contributed by atoms with Gasteiger partial charge in [-0.2, -0.15) is 0 Å². The third-order valence-electron chi connectivity index (χ3n) is 3.56. The van der Waals surface area contributed by atoms with Gasteiger partial charge < -0.3 is 10.5 Å². The highest BCUT2D eigenvalue weighted by Crippen LogP contribution is 2.28. The minimum Gasteiger partial charge on any atom is -0.496 e. The summed E-state index contributed by atoms with van der Waals surface area (Å²) in [5.41, 5.74) is 12.2. The Morgan fingerprint density at radius 1 is 0.947 bits per heavy atom. The van der Waals surface area contributed by atoms with E-state index in [1.807, 2.05) is 6.92 Å². The summed E-state index contributed by atoms with van der Waals surface area (Å²) in [6.07, 6.45) is 0. The average Bonchev–Trinajstić information content (AvgIpc) is 2.41. The molecule has 19 heavy (non-hydrogen) atoms. The molecule has 0 radical (unpaired) electrons. The molecular weight excluding hydrogens is 234 g/mol. The molecule has 0 bridgehead atoms. The van der Waals surface area contributed by atoms with Gasteiger partial charge in [-0.15, -0.1) is 0 Å².